The Kier molecular flexibility index (Phi) is 7.42. The summed E-state index contributed by atoms with van der Waals surface area (Å²) < 4.78 is 7.87. The second kappa shape index (κ2) is 10.2. The number of aromatic amines is 1. The van der Waals surface area contributed by atoms with Crippen molar-refractivity contribution in [1.29, 1.82) is 0 Å². The van der Waals surface area contributed by atoms with E-state index in [4.69, 9.17) is 17.0 Å². The Bertz CT molecular complexity index is 867. The van der Waals surface area contributed by atoms with Gasteiger partial charge in [0.25, 0.3) is 0 Å². The molecule has 0 saturated carbocycles. The maximum absolute atomic E-state index is 12.2. The summed E-state index contributed by atoms with van der Waals surface area (Å²) >= 11 is 5.35. The van der Waals surface area contributed by atoms with E-state index in [1.807, 2.05) is 35.8 Å². The summed E-state index contributed by atoms with van der Waals surface area (Å²) in [5.41, 5.74) is 2.40. The summed E-state index contributed by atoms with van der Waals surface area (Å²) in [7, 11) is 0. The number of benzene rings is 1. The molecule has 1 aliphatic rings. The van der Waals surface area contributed by atoms with Gasteiger partial charge in [0, 0.05) is 25.1 Å². The monoisotopic (exact) mass is 400 g/mol. The van der Waals surface area contributed by atoms with E-state index in [-0.39, 0.29) is 5.91 Å². The van der Waals surface area contributed by atoms with Gasteiger partial charge in [-0.1, -0.05) is 11.6 Å². The van der Waals surface area contributed by atoms with Gasteiger partial charge < -0.3 is 10.1 Å². The molecule has 28 heavy (non-hydrogen) atoms. The maximum Gasteiger partial charge on any atom is 0.221 e. The molecule has 2 aromatic rings. The van der Waals surface area contributed by atoms with E-state index < -0.39 is 0 Å². The highest BCUT2D eigenvalue weighted by Crippen LogP contribution is 2.22. The summed E-state index contributed by atoms with van der Waals surface area (Å²) in [4.78, 5) is 12.2. The van der Waals surface area contributed by atoms with Gasteiger partial charge in [0.05, 0.1) is 6.61 Å². The fourth-order valence-electron chi connectivity index (χ4n) is 3.41. The van der Waals surface area contributed by atoms with Crippen LogP contribution in [0, 0.1) is 4.77 Å². The van der Waals surface area contributed by atoms with Gasteiger partial charge in [0.2, 0.25) is 5.91 Å². The van der Waals surface area contributed by atoms with Crippen LogP contribution in [0.1, 0.15) is 45.4 Å². The molecular formula is C21H28N4O2S. The highest BCUT2D eigenvalue weighted by molar-refractivity contribution is 7.71. The number of carbonyl (C=O) groups is 1. The molecule has 1 heterocycles. The average Bonchev–Trinajstić information content (AvgIpc) is 3.08. The molecule has 0 atom stereocenters. The van der Waals surface area contributed by atoms with Crippen LogP contribution in [-0.4, -0.2) is 33.8 Å². The largest absolute Gasteiger partial charge is 0.494 e. The topological polar surface area (TPSA) is 71.9 Å². The molecule has 6 nitrogen and oxygen atoms in total. The molecule has 1 aliphatic carbocycles. The lowest BCUT2D eigenvalue weighted by Crippen LogP contribution is -2.26. The zero-order valence-electron chi connectivity index (χ0n) is 16.4. The maximum atomic E-state index is 12.2. The third-order valence-corrected chi connectivity index (χ3v) is 5.21. The zero-order chi connectivity index (χ0) is 19.8. The number of amides is 1. The second-order valence-electron chi connectivity index (χ2n) is 6.92. The first kappa shape index (κ1) is 20.3. The van der Waals surface area contributed by atoms with Crippen molar-refractivity contribution in [2.45, 2.75) is 52.0 Å². The van der Waals surface area contributed by atoms with Crippen molar-refractivity contribution in [3.63, 3.8) is 0 Å². The molecule has 150 valence electrons. The van der Waals surface area contributed by atoms with Crippen LogP contribution in [-0.2, 0) is 11.3 Å². The molecule has 7 heteroatoms. The number of H-pyrrole nitrogens is 1. The number of allylic oxidation sites excluding steroid dienone is 1. The Hall–Kier alpha value is -2.41. The van der Waals surface area contributed by atoms with Crippen LogP contribution in [0.4, 0.5) is 0 Å². The van der Waals surface area contributed by atoms with Crippen LogP contribution in [0.3, 0.4) is 0 Å². The smallest absolute Gasteiger partial charge is 0.221 e. The number of aromatic nitrogens is 3. The number of ether oxygens (including phenoxy) is 1. The minimum Gasteiger partial charge on any atom is -0.494 e. The van der Waals surface area contributed by atoms with Crippen LogP contribution in [0.15, 0.2) is 35.9 Å². The molecule has 0 bridgehead atoms. The Morgan fingerprint density at radius 1 is 1.32 bits per heavy atom. The Balaban J connectivity index is 1.54. The number of nitrogens with one attached hydrogen (secondary N) is 2. The molecule has 0 fully saturated rings. The molecule has 0 spiro atoms. The van der Waals surface area contributed by atoms with Crippen molar-refractivity contribution in [1.82, 2.24) is 20.1 Å². The van der Waals surface area contributed by atoms with E-state index in [0.717, 1.165) is 23.6 Å². The van der Waals surface area contributed by atoms with Gasteiger partial charge in [-0.25, -0.2) is 0 Å². The minimum absolute atomic E-state index is 0.0390. The molecule has 3 rings (SSSR count). The van der Waals surface area contributed by atoms with Gasteiger partial charge in [-0.05, 0) is 75.5 Å². The lowest BCUT2D eigenvalue weighted by molar-refractivity contribution is -0.121. The molecule has 0 unspecified atom stereocenters. The van der Waals surface area contributed by atoms with E-state index >= 15 is 0 Å². The lowest BCUT2D eigenvalue weighted by atomic mass is 9.97. The molecule has 1 aromatic heterocycles. The van der Waals surface area contributed by atoms with Gasteiger partial charge in [0.15, 0.2) is 10.6 Å². The van der Waals surface area contributed by atoms with Crippen molar-refractivity contribution in [3.05, 3.63) is 40.7 Å². The number of carbonyl (C=O) groups excluding carboxylic acids is 1. The van der Waals surface area contributed by atoms with Crippen molar-refractivity contribution in [2.24, 2.45) is 0 Å². The summed E-state index contributed by atoms with van der Waals surface area (Å²) in [5, 5.41) is 10.2. The van der Waals surface area contributed by atoms with E-state index in [1.165, 1.54) is 31.3 Å². The molecule has 2 N–H and O–H groups in total. The van der Waals surface area contributed by atoms with E-state index in [2.05, 4.69) is 21.6 Å². The van der Waals surface area contributed by atoms with E-state index in [1.54, 1.807) is 0 Å². The van der Waals surface area contributed by atoms with Gasteiger partial charge in [-0.2, -0.15) is 5.10 Å². The van der Waals surface area contributed by atoms with Gasteiger partial charge in [-0.15, -0.1) is 0 Å². The molecular weight excluding hydrogens is 372 g/mol. The van der Waals surface area contributed by atoms with Crippen LogP contribution >= 0.6 is 12.2 Å². The van der Waals surface area contributed by atoms with Crippen LogP contribution in [0.2, 0.25) is 0 Å². The Morgan fingerprint density at radius 3 is 2.86 bits per heavy atom. The molecule has 1 aromatic carbocycles. The van der Waals surface area contributed by atoms with Crippen molar-refractivity contribution >= 4 is 18.1 Å². The van der Waals surface area contributed by atoms with E-state index in [0.29, 0.717) is 30.9 Å². The fraction of sp³-hybridized carbons (Fsp3) is 0.476. The van der Waals surface area contributed by atoms with Crippen LogP contribution in [0.5, 0.6) is 5.75 Å². The van der Waals surface area contributed by atoms with Crippen molar-refractivity contribution in [2.75, 3.05) is 13.2 Å². The quantitative estimate of drug-likeness (QED) is 0.483. The van der Waals surface area contributed by atoms with Crippen molar-refractivity contribution < 1.29 is 9.53 Å². The Labute approximate surface area is 171 Å². The van der Waals surface area contributed by atoms with Gasteiger partial charge in [-0.3, -0.25) is 14.5 Å². The number of rotatable bonds is 9. The third-order valence-electron chi connectivity index (χ3n) is 4.90. The minimum atomic E-state index is 0.0390. The second-order valence-corrected chi connectivity index (χ2v) is 7.31. The molecule has 0 aliphatic heterocycles. The fourth-order valence-corrected chi connectivity index (χ4v) is 3.63. The van der Waals surface area contributed by atoms with E-state index in [9.17, 15) is 4.79 Å². The average molecular weight is 401 g/mol. The van der Waals surface area contributed by atoms with Crippen molar-refractivity contribution in [3.8, 4) is 17.1 Å². The molecule has 0 radical (unpaired) electrons. The summed E-state index contributed by atoms with van der Waals surface area (Å²) in [6.07, 6.45) is 8.56. The standard InChI is InChI=1S/C21H28N4O2S/c1-2-27-18-10-8-17(9-11-18)20-23-24-21(28)25(20)15-13-19(26)22-14-12-16-6-4-3-5-7-16/h6,8-11H,2-5,7,12-15H2,1H3,(H,22,26)(H,24,28). The normalized spacial score (nSPS) is 13.8. The predicted octanol–water partition coefficient (Wildman–Crippen LogP) is 4.40. The Morgan fingerprint density at radius 2 is 2.14 bits per heavy atom. The lowest BCUT2D eigenvalue weighted by Gasteiger charge is -2.13. The van der Waals surface area contributed by atoms with Crippen LogP contribution in [0.25, 0.3) is 11.4 Å². The number of hydrogen-bond acceptors (Lipinski definition) is 4. The van der Waals surface area contributed by atoms with Gasteiger partial charge in [0.1, 0.15) is 5.75 Å². The molecule has 0 saturated heterocycles. The highest BCUT2D eigenvalue weighted by Gasteiger charge is 2.11. The van der Waals surface area contributed by atoms with Gasteiger partial charge >= 0.3 is 0 Å². The van der Waals surface area contributed by atoms with Crippen LogP contribution < -0.4 is 10.1 Å². The number of nitrogens with zero attached hydrogens (tertiary/aromatic N) is 2. The molecule has 1 amide bonds. The highest BCUT2D eigenvalue weighted by atomic mass is 32.1. The SMILES string of the molecule is CCOc1ccc(-c2n[nH]c(=S)n2CCC(=O)NCCC2=CCCCC2)cc1. The summed E-state index contributed by atoms with van der Waals surface area (Å²) in [6.45, 7) is 3.78. The first-order chi connectivity index (χ1) is 13.7. The third kappa shape index (κ3) is 5.55. The zero-order valence-corrected chi connectivity index (χ0v) is 17.2. The first-order valence-corrected chi connectivity index (χ1v) is 10.4. The summed E-state index contributed by atoms with van der Waals surface area (Å²) in [6, 6.07) is 7.72. The predicted molar refractivity (Wildman–Crippen MR) is 113 cm³/mol. The first-order valence-electron chi connectivity index (χ1n) is 10.0. The summed E-state index contributed by atoms with van der Waals surface area (Å²) in [5.74, 6) is 1.59. The number of hydrogen-bond donors (Lipinski definition) is 2.